The van der Waals surface area contributed by atoms with Crippen LogP contribution in [0.15, 0.2) is 30.3 Å². The summed E-state index contributed by atoms with van der Waals surface area (Å²) in [6, 6.07) is 9.85. The van der Waals surface area contributed by atoms with E-state index in [0.717, 1.165) is 5.56 Å². The van der Waals surface area contributed by atoms with Crippen molar-refractivity contribution in [2.75, 3.05) is 0 Å². The lowest BCUT2D eigenvalue weighted by molar-refractivity contribution is -0.185. The molecule has 0 radical (unpaired) electrons. The van der Waals surface area contributed by atoms with Crippen molar-refractivity contribution in [2.45, 2.75) is 43.5 Å². The molecule has 1 fully saturated rings. The van der Waals surface area contributed by atoms with Crippen LogP contribution in [0.1, 0.15) is 38.1 Å². The first-order valence-electron chi connectivity index (χ1n) is 7.19. The Bertz CT molecular complexity index is 581. The third-order valence-corrected chi connectivity index (χ3v) is 7.11. The Hall–Kier alpha value is -0.680. The summed E-state index contributed by atoms with van der Waals surface area (Å²) in [5.74, 6) is -0.544. The lowest BCUT2D eigenvalue weighted by atomic mass is 9.67. The quantitative estimate of drug-likeness (QED) is 0.403. The zero-order valence-electron chi connectivity index (χ0n) is 13.1. The molecular formula is C17H20Br2O3. The van der Waals surface area contributed by atoms with Crippen LogP contribution in [-0.2, 0) is 14.3 Å². The molecule has 1 aliphatic rings. The second kappa shape index (κ2) is 6.08. The molecule has 5 heteroatoms. The normalized spacial score (nSPS) is 26.2. The number of benzene rings is 1. The van der Waals surface area contributed by atoms with Gasteiger partial charge in [-0.2, -0.15) is 0 Å². The van der Waals surface area contributed by atoms with Gasteiger partial charge in [-0.25, -0.2) is 0 Å². The van der Waals surface area contributed by atoms with Gasteiger partial charge in [0, 0.05) is 0 Å². The maximum Gasteiger partial charge on any atom is 0.319 e. The van der Waals surface area contributed by atoms with Crippen molar-refractivity contribution in [2.24, 2.45) is 10.8 Å². The molecule has 1 saturated heterocycles. The summed E-state index contributed by atoms with van der Waals surface area (Å²) in [6.07, 6.45) is -0.537. The second-order valence-electron chi connectivity index (χ2n) is 6.76. The van der Waals surface area contributed by atoms with Gasteiger partial charge in [0.15, 0.2) is 5.78 Å². The van der Waals surface area contributed by atoms with Crippen LogP contribution in [0.4, 0.5) is 0 Å². The van der Waals surface area contributed by atoms with Gasteiger partial charge in [-0.05, 0) is 33.3 Å². The van der Waals surface area contributed by atoms with E-state index in [1.165, 1.54) is 0 Å². The number of ether oxygens (including phenoxy) is 1. The summed E-state index contributed by atoms with van der Waals surface area (Å²) in [4.78, 5) is 24.6. The Kier molecular flexibility index (Phi) is 4.88. The van der Waals surface area contributed by atoms with E-state index < -0.39 is 22.9 Å². The van der Waals surface area contributed by atoms with Crippen LogP contribution < -0.4 is 0 Å². The van der Waals surface area contributed by atoms with Gasteiger partial charge in [0.25, 0.3) is 0 Å². The number of alkyl halides is 2. The number of hydrogen-bond donors (Lipinski definition) is 0. The van der Waals surface area contributed by atoms with E-state index in [9.17, 15) is 9.59 Å². The fourth-order valence-corrected chi connectivity index (χ4v) is 4.53. The van der Waals surface area contributed by atoms with E-state index >= 15 is 0 Å². The van der Waals surface area contributed by atoms with Crippen LogP contribution in [0.25, 0.3) is 0 Å². The van der Waals surface area contributed by atoms with Crippen molar-refractivity contribution in [3.8, 4) is 0 Å². The van der Waals surface area contributed by atoms with Gasteiger partial charge in [0.05, 0.1) is 15.1 Å². The summed E-state index contributed by atoms with van der Waals surface area (Å²) >= 11 is 7.29. The van der Waals surface area contributed by atoms with E-state index in [-0.39, 0.29) is 15.4 Å². The molecule has 1 aromatic rings. The third kappa shape index (κ3) is 2.90. The van der Waals surface area contributed by atoms with Crippen molar-refractivity contribution < 1.29 is 14.3 Å². The molecule has 0 saturated carbocycles. The molecule has 0 aliphatic carbocycles. The number of halogens is 2. The summed E-state index contributed by atoms with van der Waals surface area (Å²) < 4.78 is 5.66. The molecular weight excluding hydrogens is 412 g/mol. The minimum absolute atomic E-state index is 0.0696. The number of ketones is 1. The second-order valence-corrected chi connectivity index (χ2v) is 8.80. The van der Waals surface area contributed by atoms with E-state index in [0.29, 0.717) is 0 Å². The van der Waals surface area contributed by atoms with Crippen LogP contribution in [0.3, 0.4) is 0 Å². The molecule has 0 spiro atoms. The number of hydrogen-bond acceptors (Lipinski definition) is 3. The Labute approximate surface area is 148 Å². The third-order valence-electron chi connectivity index (χ3n) is 4.30. The molecule has 0 amide bonds. The summed E-state index contributed by atoms with van der Waals surface area (Å²) in [5, 5.41) is 0. The van der Waals surface area contributed by atoms with E-state index in [1.54, 1.807) is 13.8 Å². The smallest absolute Gasteiger partial charge is 0.319 e. The summed E-state index contributed by atoms with van der Waals surface area (Å²) in [6.45, 7) is 6.93. The summed E-state index contributed by atoms with van der Waals surface area (Å²) in [5.41, 5.74) is -0.790. The maximum absolute atomic E-state index is 12.7. The largest absolute Gasteiger partial charge is 0.459 e. The highest BCUT2D eigenvalue weighted by atomic mass is 79.9. The molecule has 1 aliphatic heterocycles. The molecule has 22 heavy (non-hydrogen) atoms. The van der Waals surface area contributed by atoms with Crippen molar-refractivity contribution in [1.29, 1.82) is 0 Å². The van der Waals surface area contributed by atoms with E-state index in [1.807, 2.05) is 44.2 Å². The number of carbonyl (C=O) groups is 2. The van der Waals surface area contributed by atoms with E-state index in [4.69, 9.17) is 4.74 Å². The van der Waals surface area contributed by atoms with Gasteiger partial charge in [0.1, 0.15) is 11.5 Å². The summed E-state index contributed by atoms with van der Waals surface area (Å²) in [7, 11) is 0. The van der Waals surface area contributed by atoms with Crippen molar-refractivity contribution in [3.63, 3.8) is 0 Å². The standard InChI is InChI=1S/C17H20Br2O3/c1-16(2)13(22-15(21)17(3,4)14(16)20)12(19)11(18)10-8-6-5-7-9-10/h5-9,11-13H,1-4H3/t11-,12-,13+/m0/s1. The topological polar surface area (TPSA) is 43.4 Å². The molecule has 0 unspecified atom stereocenters. The Morgan fingerprint density at radius 2 is 1.59 bits per heavy atom. The average molecular weight is 432 g/mol. The van der Waals surface area contributed by atoms with E-state index in [2.05, 4.69) is 31.9 Å². The lowest BCUT2D eigenvalue weighted by Crippen LogP contribution is -2.58. The molecule has 0 aromatic heterocycles. The van der Waals surface area contributed by atoms with Crippen LogP contribution in [0, 0.1) is 10.8 Å². The van der Waals surface area contributed by atoms with Crippen LogP contribution in [-0.4, -0.2) is 22.7 Å². The van der Waals surface area contributed by atoms with Gasteiger partial charge in [-0.15, -0.1) is 0 Å². The highest BCUT2D eigenvalue weighted by Crippen LogP contribution is 2.46. The lowest BCUT2D eigenvalue weighted by Gasteiger charge is -2.45. The first kappa shape index (κ1) is 17.7. The van der Waals surface area contributed by atoms with Crippen LogP contribution in [0.5, 0.6) is 0 Å². The average Bonchev–Trinajstić information content (AvgIpc) is 2.49. The number of carbonyl (C=O) groups excluding carboxylic acids is 2. The van der Waals surface area contributed by atoms with Crippen molar-refractivity contribution in [3.05, 3.63) is 35.9 Å². The SMILES string of the molecule is CC1(C)C(=O)O[C@H]([C@@H](Br)[C@@H](Br)c2ccccc2)C(C)(C)C1=O. The van der Waals surface area contributed by atoms with Gasteiger partial charge in [-0.3, -0.25) is 9.59 Å². The highest BCUT2D eigenvalue weighted by Gasteiger charge is 2.57. The molecule has 0 N–H and O–H groups in total. The Morgan fingerprint density at radius 3 is 2.14 bits per heavy atom. The van der Waals surface area contributed by atoms with Crippen molar-refractivity contribution >= 4 is 43.6 Å². The molecule has 3 nitrogen and oxygen atoms in total. The minimum atomic E-state index is -1.10. The number of rotatable bonds is 3. The van der Waals surface area contributed by atoms with Crippen molar-refractivity contribution in [1.82, 2.24) is 0 Å². The Balaban J connectivity index is 2.31. The predicted octanol–water partition coefficient (Wildman–Crippen LogP) is 4.43. The first-order chi connectivity index (χ1) is 10.1. The molecule has 1 aromatic carbocycles. The molecule has 1 heterocycles. The zero-order valence-corrected chi connectivity index (χ0v) is 16.3. The fourth-order valence-electron chi connectivity index (χ4n) is 2.87. The van der Waals surface area contributed by atoms with Crippen LogP contribution >= 0.6 is 31.9 Å². The van der Waals surface area contributed by atoms with Gasteiger partial charge < -0.3 is 4.74 Å². The van der Waals surface area contributed by atoms with Gasteiger partial charge in [0.2, 0.25) is 0 Å². The highest BCUT2D eigenvalue weighted by molar-refractivity contribution is 9.12. The molecule has 2 rings (SSSR count). The maximum atomic E-state index is 12.7. The Morgan fingerprint density at radius 1 is 1.05 bits per heavy atom. The van der Waals surface area contributed by atoms with Gasteiger partial charge >= 0.3 is 5.97 Å². The van der Waals surface area contributed by atoms with Gasteiger partial charge in [-0.1, -0.05) is 62.2 Å². The molecule has 120 valence electrons. The zero-order chi connectivity index (χ0) is 16.7. The number of cyclic esters (lactones) is 1. The first-order valence-corrected chi connectivity index (χ1v) is 9.02. The fraction of sp³-hybridized carbons (Fsp3) is 0.529. The number of esters is 1. The molecule has 3 atom stereocenters. The molecule has 0 bridgehead atoms. The monoisotopic (exact) mass is 430 g/mol. The number of Topliss-reactive ketones (excluding diaryl/α,β-unsaturated/α-hetero) is 1. The van der Waals surface area contributed by atoms with Crippen LogP contribution in [0.2, 0.25) is 0 Å². The minimum Gasteiger partial charge on any atom is -0.459 e. The predicted molar refractivity (Wildman–Crippen MR) is 93.3 cm³/mol.